The van der Waals surface area contributed by atoms with Gasteiger partial charge in [-0.15, -0.1) is 0 Å². The number of rotatable bonds is 1. The lowest BCUT2D eigenvalue weighted by molar-refractivity contribution is -0.226. The minimum Gasteiger partial charge on any atom is -0.377 e. The maximum absolute atomic E-state index is 13.1. The van der Waals surface area contributed by atoms with Crippen LogP contribution in [0.1, 0.15) is 5.56 Å². The fourth-order valence-electron chi connectivity index (χ4n) is 1.87. The van der Waals surface area contributed by atoms with Crippen molar-refractivity contribution in [2.24, 2.45) is 0 Å². The Balaban J connectivity index is 2.42. The lowest BCUT2D eigenvalue weighted by Crippen LogP contribution is -2.60. The van der Waals surface area contributed by atoms with Crippen molar-refractivity contribution in [2.45, 2.75) is 11.7 Å². The molecule has 1 aliphatic rings. The molecule has 0 spiro atoms. The molecule has 2 rings (SSSR count). The van der Waals surface area contributed by atoms with Crippen LogP contribution in [0, 0.1) is 0 Å². The van der Waals surface area contributed by atoms with Gasteiger partial charge < -0.3 is 4.74 Å². The summed E-state index contributed by atoms with van der Waals surface area (Å²) in [6.45, 7) is 0.138. The summed E-state index contributed by atoms with van der Waals surface area (Å²) in [6.07, 6.45) is -4.37. The second-order valence-corrected chi connectivity index (χ2v) is 3.75. The standard InChI is InChI=1S/C11H12F3NO/c12-11(13,14)10(8-16-7-6-15-10)9-4-2-1-3-5-9/h1-5,15H,6-8H2/t10-/m0/s1. The van der Waals surface area contributed by atoms with E-state index in [-0.39, 0.29) is 18.7 Å². The van der Waals surface area contributed by atoms with Crippen LogP contribution in [0.15, 0.2) is 30.3 Å². The number of hydrogen-bond donors (Lipinski definition) is 1. The molecule has 0 amide bonds. The monoisotopic (exact) mass is 231 g/mol. The highest BCUT2D eigenvalue weighted by molar-refractivity contribution is 5.27. The minimum absolute atomic E-state index is 0.196. The van der Waals surface area contributed by atoms with Gasteiger partial charge in [0.2, 0.25) is 0 Å². The summed E-state index contributed by atoms with van der Waals surface area (Å²) in [4.78, 5) is 0. The van der Waals surface area contributed by atoms with E-state index < -0.39 is 11.7 Å². The average molecular weight is 231 g/mol. The quantitative estimate of drug-likeness (QED) is 0.798. The van der Waals surface area contributed by atoms with E-state index in [0.717, 1.165) is 0 Å². The van der Waals surface area contributed by atoms with E-state index in [4.69, 9.17) is 4.74 Å². The Morgan fingerprint density at radius 1 is 1.19 bits per heavy atom. The van der Waals surface area contributed by atoms with Crippen molar-refractivity contribution in [1.29, 1.82) is 0 Å². The Labute approximate surface area is 91.4 Å². The first-order valence-corrected chi connectivity index (χ1v) is 5.01. The van der Waals surface area contributed by atoms with Crippen LogP contribution in [0.4, 0.5) is 13.2 Å². The highest BCUT2D eigenvalue weighted by Crippen LogP contribution is 2.40. The minimum atomic E-state index is -4.37. The molecule has 1 N–H and O–H groups in total. The van der Waals surface area contributed by atoms with E-state index in [1.807, 2.05) is 0 Å². The van der Waals surface area contributed by atoms with Crippen molar-refractivity contribution >= 4 is 0 Å². The van der Waals surface area contributed by atoms with Crippen molar-refractivity contribution in [3.63, 3.8) is 0 Å². The second kappa shape index (κ2) is 4.07. The van der Waals surface area contributed by atoms with Gasteiger partial charge >= 0.3 is 6.18 Å². The Morgan fingerprint density at radius 2 is 1.88 bits per heavy atom. The van der Waals surface area contributed by atoms with Crippen molar-refractivity contribution < 1.29 is 17.9 Å². The van der Waals surface area contributed by atoms with E-state index in [0.29, 0.717) is 6.61 Å². The molecule has 1 fully saturated rings. The first kappa shape index (κ1) is 11.4. The summed E-state index contributed by atoms with van der Waals surface area (Å²) in [5, 5.41) is 2.54. The van der Waals surface area contributed by atoms with Crippen LogP contribution in [0.5, 0.6) is 0 Å². The maximum Gasteiger partial charge on any atom is 0.413 e. The fraction of sp³-hybridized carbons (Fsp3) is 0.455. The third-order valence-corrected chi connectivity index (χ3v) is 2.74. The summed E-state index contributed by atoms with van der Waals surface area (Å²) >= 11 is 0. The zero-order valence-electron chi connectivity index (χ0n) is 8.55. The number of ether oxygens (including phenoxy) is 1. The number of alkyl halides is 3. The Hall–Kier alpha value is -1.07. The van der Waals surface area contributed by atoms with Crippen molar-refractivity contribution in [1.82, 2.24) is 5.32 Å². The second-order valence-electron chi connectivity index (χ2n) is 3.75. The van der Waals surface area contributed by atoms with Crippen LogP contribution < -0.4 is 5.32 Å². The number of halogens is 3. The van der Waals surface area contributed by atoms with Gasteiger partial charge in [-0.2, -0.15) is 13.2 Å². The summed E-state index contributed by atoms with van der Waals surface area (Å²) in [6, 6.07) is 7.82. The molecule has 1 atom stereocenters. The van der Waals surface area contributed by atoms with Crippen molar-refractivity contribution in [2.75, 3.05) is 19.8 Å². The molecular formula is C11H12F3NO. The van der Waals surface area contributed by atoms with Gasteiger partial charge in [0.1, 0.15) is 0 Å². The summed E-state index contributed by atoms with van der Waals surface area (Å²) in [7, 11) is 0. The molecule has 88 valence electrons. The lowest BCUT2D eigenvalue weighted by Gasteiger charge is -2.39. The fourth-order valence-corrected chi connectivity index (χ4v) is 1.87. The topological polar surface area (TPSA) is 21.3 Å². The first-order chi connectivity index (χ1) is 7.56. The summed E-state index contributed by atoms with van der Waals surface area (Å²) in [5.74, 6) is 0. The normalized spacial score (nSPS) is 26.7. The molecular weight excluding hydrogens is 219 g/mol. The average Bonchev–Trinajstić information content (AvgIpc) is 2.30. The third-order valence-electron chi connectivity index (χ3n) is 2.74. The van der Waals surface area contributed by atoms with Crippen LogP contribution in [-0.4, -0.2) is 25.9 Å². The van der Waals surface area contributed by atoms with Crippen LogP contribution in [0.3, 0.4) is 0 Å². The summed E-state index contributed by atoms with van der Waals surface area (Å²) in [5.41, 5.74) is -1.87. The number of hydrogen-bond acceptors (Lipinski definition) is 2. The molecule has 5 heteroatoms. The molecule has 0 aromatic heterocycles. The van der Waals surface area contributed by atoms with E-state index >= 15 is 0 Å². The molecule has 0 saturated carbocycles. The molecule has 1 saturated heterocycles. The molecule has 2 nitrogen and oxygen atoms in total. The molecule has 0 bridgehead atoms. The van der Waals surface area contributed by atoms with Crippen molar-refractivity contribution in [3.05, 3.63) is 35.9 Å². The predicted octanol–water partition coefficient (Wildman–Crippen LogP) is 2.06. The van der Waals surface area contributed by atoms with Crippen LogP contribution >= 0.6 is 0 Å². The van der Waals surface area contributed by atoms with Gasteiger partial charge in [-0.25, -0.2) is 0 Å². The molecule has 16 heavy (non-hydrogen) atoms. The van der Waals surface area contributed by atoms with E-state index in [2.05, 4.69) is 5.32 Å². The maximum atomic E-state index is 13.1. The van der Waals surface area contributed by atoms with Gasteiger partial charge in [-0.3, -0.25) is 5.32 Å². The molecule has 0 unspecified atom stereocenters. The van der Waals surface area contributed by atoms with Gasteiger partial charge in [-0.05, 0) is 5.56 Å². The summed E-state index contributed by atoms with van der Waals surface area (Å²) < 4.78 is 44.4. The SMILES string of the molecule is FC(F)(F)[C@@]1(c2ccccc2)COCCN1. The number of benzene rings is 1. The van der Waals surface area contributed by atoms with Gasteiger partial charge in [0.15, 0.2) is 5.54 Å². The molecule has 0 radical (unpaired) electrons. The first-order valence-electron chi connectivity index (χ1n) is 5.01. The zero-order chi connectivity index (χ0) is 11.6. The predicted molar refractivity (Wildman–Crippen MR) is 53.0 cm³/mol. The molecule has 1 aromatic carbocycles. The molecule has 1 aliphatic heterocycles. The smallest absolute Gasteiger partial charge is 0.377 e. The molecule has 1 heterocycles. The van der Waals surface area contributed by atoms with E-state index in [9.17, 15) is 13.2 Å². The van der Waals surface area contributed by atoms with Crippen molar-refractivity contribution in [3.8, 4) is 0 Å². The number of morpholine rings is 1. The van der Waals surface area contributed by atoms with Gasteiger partial charge in [-0.1, -0.05) is 30.3 Å². The highest BCUT2D eigenvalue weighted by atomic mass is 19.4. The number of nitrogens with one attached hydrogen (secondary N) is 1. The largest absolute Gasteiger partial charge is 0.413 e. The van der Waals surface area contributed by atoms with E-state index in [1.54, 1.807) is 18.2 Å². The Kier molecular flexibility index (Phi) is 2.90. The molecule has 0 aliphatic carbocycles. The van der Waals surface area contributed by atoms with Crippen LogP contribution in [-0.2, 0) is 10.3 Å². The van der Waals surface area contributed by atoms with Gasteiger partial charge in [0, 0.05) is 6.54 Å². The van der Waals surface area contributed by atoms with Gasteiger partial charge in [0.25, 0.3) is 0 Å². The Morgan fingerprint density at radius 3 is 2.38 bits per heavy atom. The Bertz CT molecular complexity index is 344. The van der Waals surface area contributed by atoms with Crippen LogP contribution in [0.25, 0.3) is 0 Å². The third kappa shape index (κ3) is 1.81. The zero-order valence-corrected chi connectivity index (χ0v) is 8.55. The highest BCUT2D eigenvalue weighted by Gasteiger charge is 2.56. The van der Waals surface area contributed by atoms with Crippen LogP contribution in [0.2, 0.25) is 0 Å². The van der Waals surface area contributed by atoms with Gasteiger partial charge in [0.05, 0.1) is 13.2 Å². The lowest BCUT2D eigenvalue weighted by atomic mass is 9.89. The van der Waals surface area contributed by atoms with E-state index in [1.165, 1.54) is 12.1 Å². The molecule has 1 aromatic rings.